The fraction of sp³-hybridized carbons (Fsp3) is 0.955. The van der Waals surface area contributed by atoms with Gasteiger partial charge in [-0.05, 0) is 13.3 Å². The normalized spacial score (nSPS) is 15.0. The minimum absolute atomic E-state index is 0. The number of unbranched alkanes of at least 4 members (excludes halogenated alkanes) is 14. The lowest BCUT2D eigenvalue weighted by Crippen LogP contribution is -2.35. The summed E-state index contributed by atoms with van der Waals surface area (Å²) in [6.45, 7) is 5.88. The van der Waals surface area contributed by atoms with E-state index in [0.29, 0.717) is 0 Å². The minimum Gasteiger partial charge on any atom is -0.374 e. The average Bonchev–Trinajstić information content (AvgIpc) is 3.07. The van der Waals surface area contributed by atoms with Crippen molar-refractivity contribution in [2.24, 2.45) is 4.99 Å². The Morgan fingerprint density at radius 2 is 1.23 bits per heavy atom. The van der Waals surface area contributed by atoms with Gasteiger partial charge in [0.2, 0.25) is 0 Å². The lowest BCUT2D eigenvalue weighted by molar-refractivity contribution is 0.0766. The Morgan fingerprint density at radius 3 is 1.65 bits per heavy atom. The van der Waals surface area contributed by atoms with Gasteiger partial charge < -0.3 is 10.0 Å². The first-order valence-electron chi connectivity index (χ1n) is 11.2. The Hall–Kier alpha value is -0.280. The van der Waals surface area contributed by atoms with E-state index in [1.165, 1.54) is 96.3 Å². The molecule has 0 fully saturated rings. The predicted molar refractivity (Wildman–Crippen MR) is 117 cm³/mol. The number of rotatable bonds is 17. The van der Waals surface area contributed by atoms with Crippen LogP contribution in [0.3, 0.4) is 0 Å². The van der Waals surface area contributed by atoms with Crippen LogP contribution in [0.5, 0.6) is 0 Å². The van der Waals surface area contributed by atoms with Crippen LogP contribution in [0.1, 0.15) is 117 Å². The number of aliphatic hydroxyl groups is 1. The molecular weight excluding hydrogens is 344 g/mol. The Bertz CT molecular complexity index is 334. The van der Waals surface area contributed by atoms with Crippen molar-refractivity contribution in [3.63, 3.8) is 0 Å². The topological polar surface area (TPSA) is 35.8 Å². The van der Waals surface area contributed by atoms with Crippen LogP contribution in [-0.4, -0.2) is 35.2 Å². The third-order valence-corrected chi connectivity index (χ3v) is 5.42. The molecule has 1 unspecified atom stereocenters. The van der Waals surface area contributed by atoms with Crippen LogP contribution in [0.4, 0.5) is 0 Å². The summed E-state index contributed by atoms with van der Waals surface area (Å²) in [5.74, 6) is 1.13. The number of aliphatic imine (C=N–C) groups is 1. The second-order valence-corrected chi connectivity index (χ2v) is 7.82. The molecular formula is C22H45ClN2O. The van der Waals surface area contributed by atoms with E-state index in [0.717, 1.165) is 25.3 Å². The molecule has 1 N–H and O–H groups in total. The van der Waals surface area contributed by atoms with E-state index >= 15 is 0 Å². The molecule has 0 saturated heterocycles. The van der Waals surface area contributed by atoms with Gasteiger partial charge in [0.05, 0.1) is 6.54 Å². The summed E-state index contributed by atoms with van der Waals surface area (Å²) in [6, 6.07) is 0. The molecule has 1 aliphatic heterocycles. The average molecular weight is 389 g/mol. The molecule has 156 valence electrons. The summed E-state index contributed by atoms with van der Waals surface area (Å²) in [6.07, 6.45) is 21.7. The first kappa shape index (κ1) is 25.7. The zero-order valence-corrected chi connectivity index (χ0v) is 18.4. The molecule has 0 aromatic heterocycles. The summed E-state index contributed by atoms with van der Waals surface area (Å²) in [5.41, 5.74) is 0. The molecule has 0 saturated carbocycles. The molecule has 1 rings (SSSR count). The minimum atomic E-state index is -0.377. The Morgan fingerprint density at radius 1 is 0.808 bits per heavy atom. The van der Waals surface area contributed by atoms with E-state index < -0.39 is 0 Å². The van der Waals surface area contributed by atoms with Crippen LogP contribution in [0.2, 0.25) is 0 Å². The molecule has 0 bridgehead atoms. The van der Waals surface area contributed by atoms with Crippen molar-refractivity contribution in [1.82, 2.24) is 4.90 Å². The molecule has 1 heterocycles. The zero-order valence-electron chi connectivity index (χ0n) is 17.6. The standard InChI is InChI=1S/C22H44N2O.ClH/c1-3-4-5-6-7-8-9-10-11-12-13-14-15-16-17-18-22-23-19-20-24(22)21(2)25;/h21,25H,3-20H2,1-2H3;1H. The molecule has 0 aromatic carbocycles. The Kier molecular flexibility index (Phi) is 17.9. The number of hydrogen-bond acceptors (Lipinski definition) is 3. The second kappa shape index (κ2) is 18.1. The van der Waals surface area contributed by atoms with Gasteiger partial charge in [-0.3, -0.25) is 4.99 Å². The van der Waals surface area contributed by atoms with Gasteiger partial charge in [-0.25, -0.2) is 0 Å². The first-order valence-corrected chi connectivity index (χ1v) is 11.2. The summed E-state index contributed by atoms with van der Waals surface area (Å²) in [7, 11) is 0. The van der Waals surface area contributed by atoms with Gasteiger partial charge in [0, 0.05) is 13.0 Å². The van der Waals surface area contributed by atoms with Crippen molar-refractivity contribution in [3.8, 4) is 0 Å². The third kappa shape index (κ3) is 13.0. The zero-order chi connectivity index (χ0) is 18.2. The monoisotopic (exact) mass is 388 g/mol. The lowest BCUT2D eigenvalue weighted by Gasteiger charge is -2.23. The Labute approximate surface area is 169 Å². The quantitative estimate of drug-likeness (QED) is 0.280. The summed E-state index contributed by atoms with van der Waals surface area (Å²) in [5, 5.41) is 9.69. The van der Waals surface area contributed by atoms with E-state index in [4.69, 9.17) is 0 Å². The van der Waals surface area contributed by atoms with Crippen LogP contribution < -0.4 is 0 Å². The number of hydrogen-bond donors (Lipinski definition) is 1. The van der Waals surface area contributed by atoms with Gasteiger partial charge in [0.25, 0.3) is 0 Å². The van der Waals surface area contributed by atoms with Crippen molar-refractivity contribution < 1.29 is 5.11 Å². The molecule has 4 heteroatoms. The van der Waals surface area contributed by atoms with Crippen LogP contribution >= 0.6 is 12.4 Å². The Balaban J connectivity index is 0.00000625. The molecule has 0 aromatic rings. The van der Waals surface area contributed by atoms with Crippen LogP contribution in [0.15, 0.2) is 4.99 Å². The highest BCUT2D eigenvalue weighted by atomic mass is 35.5. The van der Waals surface area contributed by atoms with E-state index in [9.17, 15) is 5.11 Å². The van der Waals surface area contributed by atoms with E-state index in [2.05, 4.69) is 11.9 Å². The molecule has 0 spiro atoms. The second-order valence-electron chi connectivity index (χ2n) is 7.82. The highest BCUT2D eigenvalue weighted by molar-refractivity contribution is 5.85. The molecule has 1 atom stereocenters. The van der Waals surface area contributed by atoms with E-state index in [1.54, 1.807) is 0 Å². The van der Waals surface area contributed by atoms with Crippen molar-refractivity contribution in [2.75, 3.05) is 13.1 Å². The maximum absolute atomic E-state index is 9.69. The van der Waals surface area contributed by atoms with Crippen LogP contribution in [0.25, 0.3) is 0 Å². The van der Waals surface area contributed by atoms with Gasteiger partial charge >= 0.3 is 0 Å². The van der Waals surface area contributed by atoms with Crippen LogP contribution in [-0.2, 0) is 0 Å². The maximum atomic E-state index is 9.69. The van der Waals surface area contributed by atoms with E-state index in [1.807, 2.05) is 11.8 Å². The van der Waals surface area contributed by atoms with Gasteiger partial charge in [-0.15, -0.1) is 12.4 Å². The number of halogens is 1. The number of aliphatic hydroxyl groups excluding tert-OH is 1. The van der Waals surface area contributed by atoms with Crippen molar-refractivity contribution in [2.45, 2.75) is 123 Å². The SMILES string of the molecule is CCCCCCCCCCCCCCCCCC1=NCCN1C(C)O.Cl. The van der Waals surface area contributed by atoms with Crippen molar-refractivity contribution >= 4 is 18.2 Å². The summed E-state index contributed by atoms with van der Waals surface area (Å²) >= 11 is 0. The largest absolute Gasteiger partial charge is 0.374 e. The van der Waals surface area contributed by atoms with Gasteiger partial charge in [0.15, 0.2) is 0 Å². The molecule has 0 aliphatic carbocycles. The molecule has 1 aliphatic rings. The molecule has 26 heavy (non-hydrogen) atoms. The van der Waals surface area contributed by atoms with Crippen molar-refractivity contribution in [3.05, 3.63) is 0 Å². The predicted octanol–water partition coefficient (Wildman–Crippen LogP) is 6.72. The fourth-order valence-electron chi connectivity index (χ4n) is 3.79. The first-order chi connectivity index (χ1) is 12.3. The maximum Gasteiger partial charge on any atom is 0.125 e. The number of nitrogens with zero attached hydrogens (tertiary/aromatic N) is 2. The fourth-order valence-corrected chi connectivity index (χ4v) is 3.79. The highest BCUT2D eigenvalue weighted by Crippen LogP contribution is 2.15. The summed E-state index contributed by atoms with van der Waals surface area (Å²) in [4.78, 5) is 6.57. The van der Waals surface area contributed by atoms with Crippen molar-refractivity contribution in [1.29, 1.82) is 0 Å². The number of amidine groups is 1. The summed E-state index contributed by atoms with van der Waals surface area (Å²) < 4.78 is 0. The van der Waals surface area contributed by atoms with Gasteiger partial charge in [-0.1, -0.05) is 96.8 Å². The van der Waals surface area contributed by atoms with Gasteiger partial charge in [-0.2, -0.15) is 0 Å². The third-order valence-electron chi connectivity index (χ3n) is 5.42. The molecule has 0 radical (unpaired) electrons. The smallest absolute Gasteiger partial charge is 0.125 e. The lowest BCUT2D eigenvalue weighted by atomic mass is 10.0. The van der Waals surface area contributed by atoms with Gasteiger partial charge in [0.1, 0.15) is 12.1 Å². The van der Waals surface area contributed by atoms with Crippen LogP contribution in [0, 0.1) is 0 Å². The highest BCUT2D eigenvalue weighted by Gasteiger charge is 2.19. The van der Waals surface area contributed by atoms with E-state index in [-0.39, 0.29) is 18.6 Å². The molecule has 3 nitrogen and oxygen atoms in total. The molecule has 0 amide bonds.